The smallest absolute Gasteiger partial charge is 0.262 e. The van der Waals surface area contributed by atoms with Gasteiger partial charge in [0, 0.05) is 13.1 Å². The van der Waals surface area contributed by atoms with E-state index in [4.69, 9.17) is 0 Å². The number of rotatable bonds is 3. The third kappa shape index (κ3) is 2.00. The zero-order valence-electron chi connectivity index (χ0n) is 12.2. The summed E-state index contributed by atoms with van der Waals surface area (Å²) in [7, 11) is 0. The van der Waals surface area contributed by atoms with Crippen LogP contribution in [0.15, 0.2) is 28.2 Å². The van der Waals surface area contributed by atoms with Gasteiger partial charge in [-0.2, -0.15) is 0 Å². The van der Waals surface area contributed by atoms with E-state index in [9.17, 15) is 4.79 Å². The van der Waals surface area contributed by atoms with Crippen LogP contribution < -0.4 is 10.9 Å². The van der Waals surface area contributed by atoms with Crippen LogP contribution in [0.2, 0.25) is 0 Å². The molecule has 0 spiro atoms. The van der Waals surface area contributed by atoms with Crippen LogP contribution >= 0.6 is 11.3 Å². The predicted molar refractivity (Wildman–Crippen MR) is 88.9 cm³/mol. The van der Waals surface area contributed by atoms with Gasteiger partial charge in [0.25, 0.3) is 5.56 Å². The molecule has 1 aliphatic heterocycles. The molecule has 1 N–H and O–H groups in total. The number of hydrogen-bond acceptors (Lipinski definition) is 6. The quantitative estimate of drug-likeness (QED) is 0.800. The molecule has 0 aliphatic carbocycles. The Kier molecular flexibility index (Phi) is 3.15. The van der Waals surface area contributed by atoms with Crippen LogP contribution in [-0.4, -0.2) is 33.5 Å². The summed E-state index contributed by atoms with van der Waals surface area (Å²) in [5.41, 5.74) is 1.56. The molecule has 3 heterocycles. The second-order valence-corrected chi connectivity index (χ2v) is 6.23. The standard InChI is InChI=1S/C15H15N5OS/c1-2-7-20-8-18-9-3-4-10-12(11(9)15(20)21)22-14(19-10)13-16-5-6-17-13/h3-4,8H,2,5-7H2,1H3,(H,16,17). The monoisotopic (exact) mass is 313 g/mol. The summed E-state index contributed by atoms with van der Waals surface area (Å²) < 4.78 is 2.57. The molecule has 0 bridgehead atoms. The predicted octanol–water partition coefficient (Wildman–Crippen LogP) is 1.77. The van der Waals surface area contributed by atoms with Gasteiger partial charge in [0.05, 0.1) is 34.0 Å². The first-order valence-corrected chi connectivity index (χ1v) is 8.17. The van der Waals surface area contributed by atoms with Gasteiger partial charge in [-0.05, 0) is 18.6 Å². The zero-order valence-corrected chi connectivity index (χ0v) is 13.0. The Balaban J connectivity index is 2.00. The van der Waals surface area contributed by atoms with E-state index in [1.165, 1.54) is 11.3 Å². The highest BCUT2D eigenvalue weighted by molar-refractivity contribution is 7.21. The Morgan fingerprint density at radius 3 is 3.00 bits per heavy atom. The number of aliphatic imine (C=N–C) groups is 1. The Bertz CT molecular complexity index is 956. The van der Waals surface area contributed by atoms with E-state index in [-0.39, 0.29) is 5.56 Å². The van der Waals surface area contributed by atoms with Crippen LogP contribution in [0.1, 0.15) is 18.4 Å². The average molecular weight is 313 g/mol. The number of thiazole rings is 1. The van der Waals surface area contributed by atoms with Crippen molar-refractivity contribution in [1.29, 1.82) is 0 Å². The first kappa shape index (κ1) is 13.4. The number of benzene rings is 1. The fourth-order valence-electron chi connectivity index (χ4n) is 2.67. The number of amidine groups is 1. The summed E-state index contributed by atoms with van der Waals surface area (Å²) in [6.07, 6.45) is 2.53. The second kappa shape index (κ2) is 5.17. The van der Waals surface area contributed by atoms with Crippen LogP contribution in [0.3, 0.4) is 0 Å². The molecular formula is C15H15N5OS. The molecule has 4 rings (SSSR count). The van der Waals surface area contributed by atoms with E-state index in [0.717, 1.165) is 46.1 Å². The number of fused-ring (bicyclic) bond motifs is 3. The number of hydrogen-bond donors (Lipinski definition) is 1. The Labute approximate surface area is 130 Å². The van der Waals surface area contributed by atoms with Crippen molar-refractivity contribution >= 4 is 38.3 Å². The van der Waals surface area contributed by atoms with Gasteiger partial charge in [-0.25, -0.2) is 9.97 Å². The topological polar surface area (TPSA) is 72.2 Å². The minimum atomic E-state index is 0.00831. The van der Waals surface area contributed by atoms with Gasteiger partial charge < -0.3 is 5.32 Å². The fraction of sp³-hybridized carbons (Fsp3) is 0.333. The summed E-state index contributed by atoms with van der Waals surface area (Å²) >= 11 is 1.51. The maximum Gasteiger partial charge on any atom is 0.262 e. The van der Waals surface area contributed by atoms with Crippen molar-refractivity contribution in [3.05, 3.63) is 33.8 Å². The molecule has 0 saturated heterocycles. The van der Waals surface area contributed by atoms with E-state index in [1.807, 2.05) is 19.1 Å². The SMILES string of the molecule is CCCn1cnc2ccc3nc(C4=NCCN4)sc3c2c1=O. The molecule has 0 atom stereocenters. The maximum atomic E-state index is 12.7. The number of aromatic nitrogens is 3. The number of nitrogens with one attached hydrogen (secondary N) is 1. The molecule has 1 aliphatic rings. The van der Waals surface area contributed by atoms with Crippen LogP contribution in [0.4, 0.5) is 0 Å². The highest BCUT2D eigenvalue weighted by Gasteiger charge is 2.16. The molecule has 0 unspecified atom stereocenters. The average Bonchev–Trinajstić information content (AvgIpc) is 3.17. The molecule has 3 aromatic rings. The van der Waals surface area contributed by atoms with Crippen LogP contribution in [0.25, 0.3) is 21.1 Å². The van der Waals surface area contributed by atoms with E-state index in [1.54, 1.807) is 10.9 Å². The molecule has 22 heavy (non-hydrogen) atoms. The van der Waals surface area contributed by atoms with Crippen LogP contribution in [0, 0.1) is 0 Å². The molecule has 0 amide bonds. The van der Waals surface area contributed by atoms with Crippen molar-refractivity contribution < 1.29 is 0 Å². The summed E-state index contributed by atoms with van der Waals surface area (Å²) in [6, 6.07) is 3.78. The summed E-state index contributed by atoms with van der Waals surface area (Å²) in [5, 5.41) is 4.73. The fourth-order valence-corrected chi connectivity index (χ4v) is 3.75. The van der Waals surface area contributed by atoms with Gasteiger partial charge in [0.2, 0.25) is 0 Å². The lowest BCUT2D eigenvalue weighted by Gasteiger charge is -2.04. The molecule has 6 nitrogen and oxygen atoms in total. The van der Waals surface area contributed by atoms with Gasteiger partial charge >= 0.3 is 0 Å². The summed E-state index contributed by atoms with van der Waals surface area (Å²) in [5.74, 6) is 0.826. The Morgan fingerprint density at radius 2 is 2.23 bits per heavy atom. The first-order chi connectivity index (χ1) is 10.8. The van der Waals surface area contributed by atoms with E-state index in [2.05, 4.69) is 20.3 Å². The number of nitrogens with zero attached hydrogens (tertiary/aromatic N) is 4. The lowest BCUT2D eigenvalue weighted by atomic mass is 10.2. The number of aryl methyl sites for hydroxylation is 1. The molecular weight excluding hydrogens is 298 g/mol. The van der Waals surface area contributed by atoms with E-state index >= 15 is 0 Å². The maximum absolute atomic E-state index is 12.7. The third-order valence-corrected chi connectivity index (χ3v) is 4.78. The van der Waals surface area contributed by atoms with Crippen molar-refractivity contribution in [2.45, 2.75) is 19.9 Å². The molecule has 0 fully saturated rings. The highest BCUT2D eigenvalue weighted by Crippen LogP contribution is 2.28. The van der Waals surface area contributed by atoms with Gasteiger partial charge in [0.1, 0.15) is 0 Å². The highest BCUT2D eigenvalue weighted by atomic mass is 32.1. The third-order valence-electron chi connectivity index (χ3n) is 3.69. The normalized spacial score (nSPS) is 14.5. The molecule has 7 heteroatoms. The second-order valence-electron chi connectivity index (χ2n) is 5.23. The van der Waals surface area contributed by atoms with Crippen molar-refractivity contribution in [3.63, 3.8) is 0 Å². The van der Waals surface area contributed by atoms with Crippen LogP contribution in [-0.2, 0) is 6.54 Å². The molecule has 2 aromatic heterocycles. The summed E-state index contributed by atoms with van der Waals surface area (Å²) in [6.45, 7) is 4.34. The van der Waals surface area contributed by atoms with Crippen molar-refractivity contribution in [3.8, 4) is 0 Å². The Hall–Kier alpha value is -2.28. The molecule has 112 valence electrons. The van der Waals surface area contributed by atoms with E-state index in [0.29, 0.717) is 11.9 Å². The van der Waals surface area contributed by atoms with Gasteiger partial charge in [-0.1, -0.05) is 6.92 Å². The Morgan fingerprint density at radius 1 is 1.36 bits per heavy atom. The van der Waals surface area contributed by atoms with Gasteiger partial charge in [0.15, 0.2) is 10.8 Å². The van der Waals surface area contributed by atoms with Gasteiger partial charge in [-0.15, -0.1) is 11.3 Å². The molecule has 0 radical (unpaired) electrons. The molecule has 1 aromatic carbocycles. The van der Waals surface area contributed by atoms with Gasteiger partial charge in [-0.3, -0.25) is 14.4 Å². The van der Waals surface area contributed by atoms with Crippen molar-refractivity contribution in [1.82, 2.24) is 19.9 Å². The zero-order chi connectivity index (χ0) is 15.1. The van der Waals surface area contributed by atoms with Crippen molar-refractivity contribution in [2.75, 3.05) is 13.1 Å². The summed E-state index contributed by atoms with van der Waals surface area (Å²) in [4.78, 5) is 26.1. The lowest BCUT2D eigenvalue weighted by Crippen LogP contribution is -2.20. The largest absolute Gasteiger partial charge is 0.366 e. The van der Waals surface area contributed by atoms with Crippen LogP contribution in [0.5, 0.6) is 0 Å². The van der Waals surface area contributed by atoms with E-state index < -0.39 is 0 Å². The molecule has 0 saturated carbocycles. The first-order valence-electron chi connectivity index (χ1n) is 7.35. The minimum absolute atomic E-state index is 0.00831. The lowest BCUT2D eigenvalue weighted by molar-refractivity contribution is 0.648. The van der Waals surface area contributed by atoms with Crippen molar-refractivity contribution in [2.24, 2.45) is 4.99 Å². The minimum Gasteiger partial charge on any atom is -0.366 e.